The minimum Gasteiger partial charge on any atom is -0.480 e. The number of likely N-dealkylation sites (tertiary alicyclic amines) is 2. The van der Waals surface area contributed by atoms with E-state index in [2.05, 4.69) is 31.3 Å². The number of carbonyl (C=O) groups is 6. The summed E-state index contributed by atoms with van der Waals surface area (Å²) >= 11 is 0. The summed E-state index contributed by atoms with van der Waals surface area (Å²) in [6.07, 6.45) is 3.97. The average molecular weight is 723 g/mol. The Labute approximate surface area is 299 Å². The lowest BCUT2D eigenvalue weighted by Crippen LogP contribution is -2.58. The van der Waals surface area contributed by atoms with Crippen LogP contribution in [0.25, 0.3) is 0 Å². The van der Waals surface area contributed by atoms with Crippen LogP contribution < -0.4 is 44.2 Å². The number of nitrogens with one attached hydrogen (secondary N) is 4. The van der Waals surface area contributed by atoms with Crippen LogP contribution in [-0.4, -0.2) is 132 Å². The molecule has 0 aromatic rings. The zero-order chi connectivity index (χ0) is 38.2. The number of nitrogens with two attached hydrogens (primary N) is 4. The Morgan fingerprint density at radius 3 is 1.80 bits per heavy atom. The van der Waals surface area contributed by atoms with Crippen molar-refractivity contribution in [2.24, 2.45) is 38.8 Å². The number of hydrogen-bond acceptors (Lipinski definition) is 9. The van der Waals surface area contributed by atoms with Crippen LogP contribution in [0.15, 0.2) is 9.98 Å². The standard InChI is InChI=1S/C32H58N12O7/c1-5-18(2)24(30(50)51)42-27(47)21(11-7-15-38-32(35)36)40-25(45)19(3)39-26(46)20(10-6-14-37-31(33)34)41-28(48)22-12-9-17-44(22)29(49)23-13-8-16-43(23)4/h18-24H,5-17H2,1-4H3,(H,39,46)(H,40,45)(H,41,48)(H,42,47)(H,50,51)(H4,33,34,37)(H4,35,36,38). The average Bonchev–Trinajstić information content (AvgIpc) is 3.74. The van der Waals surface area contributed by atoms with Gasteiger partial charge in [-0.3, -0.25) is 38.9 Å². The van der Waals surface area contributed by atoms with Gasteiger partial charge in [-0.05, 0) is 77.8 Å². The summed E-state index contributed by atoms with van der Waals surface area (Å²) in [6, 6.07) is -5.67. The molecular weight excluding hydrogens is 664 g/mol. The predicted octanol–water partition coefficient (Wildman–Crippen LogP) is -2.73. The molecule has 7 unspecified atom stereocenters. The van der Waals surface area contributed by atoms with Crippen molar-refractivity contribution in [1.82, 2.24) is 31.1 Å². The van der Waals surface area contributed by atoms with Crippen LogP contribution in [-0.2, 0) is 28.8 Å². The van der Waals surface area contributed by atoms with Gasteiger partial charge in [-0.1, -0.05) is 20.3 Å². The van der Waals surface area contributed by atoms with Crippen LogP contribution in [0.5, 0.6) is 0 Å². The Morgan fingerprint density at radius 2 is 1.29 bits per heavy atom. The molecule has 51 heavy (non-hydrogen) atoms. The first kappa shape index (κ1) is 42.5. The van der Waals surface area contributed by atoms with E-state index >= 15 is 0 Å². The minimum absolute atomic E-state index is 0.0681. The molecule has 2 heterocycles. The van der Waals surface area contributed by atoms with Gasteiger partial charge in [0.1, 0.15) is 30.2 Å². The van der Waals surface area contributed by atoms with Crippen molar-refractivity contribution in [2.75, 3.05) is 33.2 Å². The van der Waals surface area contributed by atoms with Gasteiger partial charge in [-0.2, -0.15) is 0 Å². The van der Waals surface area contributed by atoms with Gasteiger partial charge >= 0.3 is 5.97 Å². The summed E-state index contributed by atoms with van der Waals surface area (Å²) in [6.45, 7) is 6.47. The van der Waals surface area contributed by atoms with Crippen molar-refractivity contribution in [2.45, 2.75) is 115 Å². The highest BCUT2D eigenvalue weighted by Gasteiger charge is 2.40. The molecule has 19 heteroatoms. The summed E-state index contributed by atoms with van der Waals surface area (Å²) in [4.78, 5) is 90.3. The molecule has 0 bridgehead atoms. The van der Waals surface area contributed by atoms with Crippen molar-refractivity contribution in [3.63, 3.8) is 0 Å². The molecule has 7 atom stereocenters. The molecule has 288 valence electrons. The van der Waals surface area contributed by atoms with E-state index in [0.29, 0.717) is 38.6 Å². The van der Waals surface area contributed by atoms with Crippen molar-refractivity contribution in [3.05, 3.63) is 0 Å². The quantitative estimate of drug-likeness (QED) is 0.0352. The van der Waals surface area contributed by atoms with Crippen LogP contribution >= 0.6 is 0 Å². The first-order valence-electron chi connectivity index (χ1n) is 17.6. The number of guanidine groups is 2. The molecular formula is C32H58N12O7. The number of likely N-dealkylation sites (N-methyl/N-ethyl adjacent to an activating group) is 1. The van der Waals surface area contributed by atoms with E-state index in [-0.39, 0.29) is 62.1 Å². The van der Waals surface area contributed by atoms with E-state index in [1.807, 2.05) is 11.9 Å². The molecule has 0 saturated carbocycles. The van der Waals surface area contributed by atoms with Crippen LogP contribution in [0.3, 0.4) is 0 Å². The zero-order valence-electron chi connectivity index (χ0n) is 30.2. The van der Waals surface area contributed by atoms with Crippen molar-refractivity contribution >= 4 is 47.4 Å². The summed E-state index contributed by atoms with van der Waals surface area (Å²) in [5.74, 6) is -4.57. The highest BCUT2D eigenvalue weighted by atomic mass is 16.4. The third kappa shape index (κ3) is 13.5. The fourth-order valence-corrected chi connectivity index (χ4v) is 6.14. The Hall–Kier alpha value is -4.68. The van der Waals surface area contributed by atoms with Gasteiger partial charge in [0.25, 0.3) is 0 Å². The Morgan fingerprint density at radius 1 is 0.765 bits per heavy atom. The molecule has 5 amide bonds. The maximum Gasteiger partial charge on any atom is 0.326 e. The molecule has 0 aliphatic carbocycles. The molecule has 2 rings (SSSR count). The van der Waals surface area contributed by atoms with Crippen LogP contribution in [0.1, 0.15) is 78.6 Å². The monoisotopic (exact) mass is 722 g/mol. The molecule has 2 aliphatic heterocycles. The maximum absolute atomic E-state index is 13.6. The smallest absolute Gasteiger partial charge is 0.326 e. The number of carboxylic acids is 1. The van der Waals surface area contributed by atoms with Gasteiger partial charge < -0.3 is 54.2 Å². The fourth-order valence-electron chi connectivity index (χ4n) is 6.14. The SMILES string of the molecule is CCC(C)C(NC(=O)C(CCCN=C(N)N)NC(=O)C(C)NC(=O)C(CCCN=C(N)N)NC(=O)C1CCCN1C(=O)C1CCCN1C)C(=O)O. The summed E-state index contributed by atoms with van der Waals surface area (Å²) in [5.41, 5.74) is 21.6. The highest BCUT2D eigenvalue weighted by Crippen LogP contribution is 2.24. The van der Waals surface area contributed by atoms with Crippen molar-refractivity contribution in [1.29, 1.82) is 0 Å². The Balaban J connectivity index is 2.17. The molecule has 0 spiro atoms. The topological polar surface area (TPSA) is 306 Å². The number of rotatable bonds is 20. The number of nitrogens with zero attached hydrogens (tertiary/aromatic N) is 4. The van der Waals surface area contributed by atoms with E-state index in [0.717, 1.165) is 13.0 Å². The fraction of sp³-hybridized carbons (Fsp3) is 0.750. The van der Waals surface area contributed by atoms with Crippen molar-refractivity contribution in [3.8, 4) is 0 Å². The normalized spacial score (nSPS) is 20.2. The van der Waals surface area contributed by atoms with E-state index in [1.54, 1.807) is 18.7 Å². The molecule has 0 aromatic carbocycles. The summed E-state index contributed by atoms with van der Waals surface area (Å²) in [7, 11) is 1.88. The van der Waals surface area contributed by atoms with E-state index < -0.39 is 59.8 Å². The second-order valence-corrected chi connectivity index (χ2v) is 13.3. The zero-order valence-corrected chi connectivity index (χ0v) is 30.2. The summed E-state index contributed by atoms with van der Waals surface area (Å²) < 4.78 is 0. The molecule has 0 aromatic heterocycles. The maximum atomic E-state index is 13.6. The molecule has 2 fully saturated rings. The Bertz CT molecular complexity index is 1290. The predicted molar refractivity (Wildman–Crippen MR) is 191 cm³/mol. The lowest BCUT2D eigenvalue weighted by atomic mass is 9.98. The second kappa shape index (κ2) is 20.9. The largest absolute Gasteiger partial charge is 0.480 e. The molecule has 0 radical (unpaired) electrons. The third-order valence-electron chi connectivity index (χ3n) is 9.33. The number of carbonyl (C=O) groups excluding carboxylic acids is 5. The van der Waals surface area contributed by atoms with Gasteiger partial charge in [-0.25, -0.2) is 4.79 Å². The molecule has 19 nitrogen and oxygen atoms in total. The molecule has 13 N–H and O–H groups in total. The number of amides is 5. The number of hydrogen-bond donors (Lipinski definition) is 9. The van der Waals surface area contributed by atoms with Crippen LogP contribution in [0, 0.1) is 5.92 Å². The van der Waals surface area contributed by atoms with E-state index in [1.165, 1.54) is 6.92 Å². The first-order chi connectivity index (χ1) is 24.1. The van der Waals surface area contributed by atoms with Gasteiger partial charge in [0, 0.05) is 19.6 Å². The van der Waals surface area contributed by atoms with Gasteiger partial charge in [0.05, 0.1) is 6.04 Å². The van der Waals surface area contributed by atoms with Crippen LogP contribution in [0.2, 0.25) is 0 Å². The molecule has 2 saturated heterocycles. The van der Waals surface area contributed by atoms with E-state index in [4.69, 9.17) is 22.9 Å². The Kier molecular flexibility index (Phi) is 17.4. The van der Waals surface area contributed by atoms with E-state index in [9.17, 15) is 33.9 Å². The van der Waals surface area contributed by atoms with Crippen molar-refractivity contribution < 1.29 is 33.9 Å². The van der Waals surface area contributed by atoms with Gasteiger partial charge in [0.2, 0.25) is 29.5 Å². The first-order valence-corrected chi connectivity index (χ1v) is 17.6. The second-order valence-electron chi connectivity index (χ2n) is 13.3. The third-order valence-corrected chi connectivity index (χ3v) is 9.33. The summed E-state index contributed by atoms with van der Waals surface area (Å²) in [5, 5.41) is 20.2. The lowest BCUT2D eigenvalue weighted by Gasteiger charge is -2.30. The number of carboxylic acid groups (broad SMARTS) is 1. The van der Waals surface area contributed by atoms with Crippen LogP contribution in [0.4, 0.5) is 0 Å². The number of aliphatic carboxylic acids is 1. The van der Waals surface area contributed by atoms with Gasteiger partial charge in [-0.15, -0.1) is 0 Å². The lowest BCUT2D eigenvalue weighted by molar-refractivity contribution is -0.144. The van der Waals surface area contributed by atoms with Gasteiger partial charge in [0.15, 0.2) is 11.9 Å². The molecule has 2 aliphatic rings. The number of aliphatic imine (C=N–C) groups is 2. The minimum atomic E-state index is -1.21. The highest BCUT2D eigenvalue weighted by molar-refractivity contribution is 5.96.